The largest absolute Gasteiger partial charge is 0.381 e. The van der Waals surface area contributed by atoms with Gasteiger partial charge in [0.05, 0.1) is 16.9 Å². The fraction of sp³-hybridized carbons (Fsp3) is 0.300. The van der Waals surface area contributed by atoms with Gasteiger partial charge in [-0.15, -0.1) is 0 Å². The maximum absolute atomic E-state index is 12.5. The van der Waals surface area contributed by atoms with Crippen LogP contribution in [-0.2, 0) is 4.74 Å². The summed E-state index contributed by atoms with van der Waals surface area (Å²) in [4.78, 5) is 16.9. The quantitative estimate of drug-likeness (QED) is 0.699. The van der Waals surface area contributed by atoms with Crippen molar-refractivity contribution < 1.29 is 9.53 Å². The molecule has 4 rings (SSSR count). The third-order valence-electron chi connectivity index (χ3n) is 4.87. The molecule has 0 spiro atoms. The topological polar surface area (TPSA) is 55.6 Å². The molecule has 1 aliphatic rings. The Bertz CT molecular complexity index is 981. The van der Waals surface area contributed by atoms with Crippen LogP contribution in [0.15, 0.2) is 42.7 Å². The summed E-state index contributed by atoms with van der Waals surface area (Å²) in [6.45, 7) is 2.22. The average molecular weight is 404 g/mol. The third kappa shape index (κ3) is 3.95. The second-order valence-electron chi connectivity index (χ2n) is 6.68. The zero-order chi connectivity index (χ0) is 18.8. The van der Waals surface area contributed by atoms with Crippen molar-refractivity contribution in [1.82, 2.24) is 14.7 Å². The summed E-state index contributed by atoms with van der Waals surface area (Å²) in [6, 6.07) is 8.94. The van der Waals surface area contributed by atoms with E-state index in [4.69, 9.17) is 27.9 Å². The number of carbonyl (C=O) groups is 1. The number of ether oxygens (including phenoxy) is 1. The minimum Gasteiger partial charge on any atom is -0.381 e. The molecule has 3 heterocycles. The summed E-state index contributed by atoms with van der Waals surface area (Å²) in [6.07, 6.45) is 5.57. The standard InChI is InChI=1S/C20H19Cl2N3O2/c21-15-1-2-16(17(22)10-15)18-12-23-19-9-14(3-6-25(18)19)20(26)24-11-13-4-7-27-8-5-13/h1-3,6,9-10,12-13H,4-5,7-8,11H2,(H,24,26). The minimum atomic E-state index is -0.0851. The highest BCUT2D eigenvalue weighted by Crippen LogP contribution is 2.30. The van der Waals surface area contributed by atoms with E-state index in [1.807, 2.05) is 16.7 Å². The van der Waals surface area contributed by atoms with Gasteiger partial charge >= 0.3 is 0 Å². The van der Waals surface area contributed by atoms with Crippen molar-refractivity contribution in [3.05, 3.63) is 58.3 Å². The molecular formula is C20H19Cl2N3O2. The Labute approximate surface area is 167 Å². The Hall–Kier alpha value is -2.08. The highest BCUT2D eigenvalue weighted by Gasteiger charge is 2.16. The van der Waals surface area contributed by atoms with Crippen molar-refractivity contribution in [2.75, 3.05) is 19.8 Å². The zero-order valence-corrected chi connectivity index (χ0v) is 16.1. The number of nitrogens with zero attached hydrogens (tertiary/aromatic N) is 2. The fourth-order valence-electron chi connectivity index (χ4n) is 3.31. The van der Waals surface area contributed by atoms with E-state index in [1.54, 1.807) is 30.5 Å². The van der Waals surface area contributed by atoms with Crippen molar-refractivity contribution in [3.8, 4) is 11.3 Å². The van der Waals surface area contributed by atoms with Crippen LogP contribution in [0.5, 0.6) is 0 Å². The second kappa shape index (κ2) is 7.89. The molecule has 140 valence electrons. The lowest BCUT2D eigenvalue weighted by Gasteiger charge is -2.22. The van der Waals surface area contributed by atoms with Gasteiger partial charge < -0.3 is 10.1 Å². The van der Waals surface area contributed by atoms with Crippen molar-refractivity contribution in [3.63, 3.8) is 0 Å². The van der Waals surface area contributed by atoms with Gasteiger partial charge in [-0.2, -0.15) is 0 Å². The number of fused-ring (bicyclic) bond motifs is 1. The lowest BCUT2D eigenvalue weighted by molar-refractivity contribution is 0.0642. The lowest BCUT2D eigenvalue weighted by Crippen LogP contribution is -2.32. The van der Waals surface area contributed by atoms with Crippen LogP contribution >= 0.6 is 23.2 Å². The van der Waals surface area contributed by atoms with Crippen LogP contribution in [-0.4, -0.2) is 35.1 Å². The van der Waals surface area contributed by atoms with Crippen LogP contribution < -0.4 is 5.32 Å². The number of carbonyl (C=O) groups excluding carboxylic acids is 1. The Morgan fingerprint density at radius 1 is 1.22 bits per heavy atom. The molecule has 3 aromatic rings. The SMILES string of the molecule is O=C(NCC1CCOCC1)c1ccn2c(-c3ccc(Cl)cc3Cl)cnc2c1. The molecule has 2 aromatic heterocycles. The molecular weight excluding hydrogens is 385 g/mol. The predicted molar refractivity (Wildman–Crippen MR) is 107 cm³/mol. The molecule has 0 radical (unpaired) electrons. The third-order valence-corrected chi connectivity index (χ3v) is 5.42. The summed E-state index contributed by atoms with van der Waals surface area (Å²) in [5.41, 5.74) is 2.97. The fourth-order valence-corrected chi connectivity index (χ4v) is 3.81. The molecule has 5 nitrogen and oxygen atoms in total. The van der Waals surface area contributed by atoms with Gasteiger partial charge in [-0.05, 0) is 49.1 Å². The zero-order valence-electron chi connectivity index (χ0n) is 14.6. The van der Waals surface area contributed by atoms with E-state index in [1.165, 1.54) is 0 Å². The lowest BCUT2D eigenvalue weighted by atomic mass is 10.0. The van der Waals surface area contributed by atoms with Gasteiger partial charge in [-0.1, -0.05) is 23.2 Å². The first-order chi connectivity index (χ1) is 13.1. The number of aromatic nitrogens is 2. The molecule has 0 unspecified atom stereocenters. The molecule has 1 amide bonds. The number of benzene rings is 1. The molecule has 1 aromatic carbocycles. The average Bonchev–Trinajstić information content (AvgIpc) is 3.10. The number of hydrogen-bond donors (Lipinski definition) is 1. The number of imidazole rings is 1. The van der Waals surface area contributed by atoms with E-state index in [-0.39, 0.29) is 5.91 Å². The van der Waals surface area contributed by atoms with Crippen molar-refractivity contribution in [1.29, 1.82) is 0 Å². The first-order valence-corrected chi connectivity index (χ1v) is 9.66. The summed E-state index contributed by atoms with van der Waals surface area (Å²) < 4.78 is 7.26. The van der Waals surface area contributed by atoms with Crippen LogP contribution in [0.2, 0.25) is 10.0 Å². The van der Waals surface area contributed by atoms with Crippen LogP contribution in [0.4, 0.5) is 0 Å². The summed E-state index contributed by atoms with van der Waals surface area (Å²) in [7, 11) is 0. The number of halogens is 2. The Balaban J connectivity index is 1.54. The molecule has 0 atom stereocenters. The van der Waals surface area contributed by atoms with Crippen LogP contribution in [0, 0.1) is 5.92 Å². The van der Waals surface area contributed by atoms with E-state index < -0.39 is 0 Å². The van der Waals surface area contributed by atoms with Gasteiger partial charge in [0.1, 0.15) is 5.65 Å². The van der Waals surface area contributed by atoms with Crippen molar-refractivity contribution in [2.24, 2.45) is 5.92 Å². The first kappa shape index (κ1) is 18.3. The van der Waals surface area contributed by atoms with Gasteiger partial charge in [-0.3, -0.25) is 9.20 Å². The van der Waals surface area contributed by atoms with Crippen LogP contribution in [0.3, 0.4) is 0 Å². The number of amides is 1. The minimum absolute atomic E-state index is 0.0851. The molecule has 0 bridgehead atoms. The van der Waals surface area contributed by atoms with Gasteiger partial charge in [-0.25, -0.2) is 4.98 Å². The molecule has 0 aliphatic carbocycles. The second-order valence-corrected chi connectivity index (χ2v) is 7.52. The molecule has 1 fully saturated rings. The molecule has 1 aliphatic heterocycles. The predicted octanol–water partition coefficient (Wildman–Crippen LogP) is 4.46. The summed E-state index contributed by atoms with van der Waals surface area (Å²) in [5.74, 6) is 0.398. The number of nitrogens with one attached hydrogen (secondary N) is 1. The van der Waals surface area contributed by atoms with E-state index in [2.05, 4.69) is 10.3 Å². The van der Waals surface area contributed by atoms with E-state index in [0.717, 1.165) is 37.3 Å². The maximum atomic E-state index is 12.5. The molecule has 1 N–H and O–H groups in total. The molecule has 7 heteroatoms. The Morgan fingerprint density at radius 2 is 2.04 bits per heavy atom. The Kier molecular flexibility index (Phi) is 5.34. The summed E-state index contributed by atoms with van der Waals surface area (Å²) >= 11 is 12.3. The molecule has 1 saturated heterocycles. The number of rotatable bonds is 4. The van der Waals surface area contributed by atoms with E-state index in [0.29, 0.717) is 33.7 Å². The molecule has 27 heavy (non-hydrogen) atoms. The number of hydrogen-bond acceptors (Lipinski definition) is 3. The number of pyridine rings is 1. The van der Waals surface area contributed by atoms with Gasteiger partial charge in [0, 0.05) is 42.1 Å². The highest BCUT2D eigenvalue weighted by molar-refractivity contribution is 6.36. The van der Waals surface area contributed by atoms with Crippen LogP contribution in [0.25, 0.3) is 16.9 Å². The van der Waals surface area contributed by atoms with Gasteiger partial charge in [0.2, 0.25) is 0 Å². The van der Waals surface area contributed by atoms with Gasteiger partial charge in [0.25, 0.3) is 5.91 Å². The maximum Gasteiger partial charge on any atom is 0.251 e. The van der Waals surface area contributed by atoms with Crippen molar-refractivity contribution in [2.45, 2.75) is 12.8 Å². The normalized spacial score (nSPS) is 15.2. The van der Waals surface area contributed by atoms with Crippen LogP contribution in [0.1, 0.15) is 23.2 Å². The summed E-state index contributed by atoms with van der Waals surface area (Å²) in [5, 5.41) is 4.16. The monoisotopic (exact) mass is 403 g/mol. The Morgan fingerprint density at radius 3 is 2.81 bits per heavy atom. The highest BCUT2D eigenvalue weighted by atomic mass is 35.5. The van der Waals surface area contributed by atoms with E-state index >= 15 is 0 Å². The smallest absolute Gasteiger partial charge is 0.251 e. The van der Waals surface area contributed by atoms with E-state index in [9.17, 15) is 4.79 Å². The first-order valence-electron chi connectivity index (χ1n) is 8.90. The van der Waals surface area contributed by atoms with Crippen molar-refractivity contribution >= 4 is 34.8 Å². The molecule has 0 saturated carbocycles. The van der Waals surface area contributed by atoms with Gasteiger partial charge in [0.15, 0.2) is 0 Å².